The van der Waals surface area contributed by atoms with Crippen molar-refractivity contribution in [2.75, 3.05) is 6.54 Å². The van der Waals surface area contributed by atoms with Crippen LogP contribution in [0.25, 0.3) is 0 Å². The van der Waals surface area contributed by atoms with E-state index in [1.165, 1.54) is 0 Å². The zero-order valence-corrected chi connectivity index (χ0v) is 5.74. The van der Waals surface area contributed by atoms with Gasteiger partial charge in [-0.15, -0.1) is 0 Å². The summed E-state index contributed by atoms with van der Waals surface area (Å²) in [5.74, 6) is -1.94. The van der Waals surface area contributed by atoms with Crippen molar-refractivity contribution in [2.24, 2.45) is 5.92 Å². The highest BCUT2D eigenvalue weighted by molar-refractivity contribution is 5.76. The lowest BCUT2D eigenvalue weighted by molar-refractivity contribution is -0.183. The van der Waals surface area contributed by atoms with Crippen LogP contribution in [0.4, 0.5) is 13.2 Å². The van der Waals surface area contributed by atoms with Crippen LogP contribution in [0.15, 0.2) is 0 Å². The Labute approximate surface area is 61.8 Å². The molecule has 0 aromatic rings. The Balaban J connectivity index is 2.53. The van der Waals surface area contributed by atoms with Crippen LogP contribution < -0.4 is 5.32 Å². The maximum Gasteiger partial charge on any atom is 0.392 e. The Morgan fingerprint density at radius 1 is 1.45 bits per heavy atom. The molecule has 0 spiro atoms. The van der Waals surface area contributed by atoms with E-state index in [0.717, 1.165) is 0 Å². The average Bonchev–Trinajstić information content (AvgIpc) is 1.86. The van der Waals surface area contributed by atoms with Gasteiger partial charge in [-0.1, -0.05) is 0 Å². The number of rotatable bonds is 0. The Bertz CT molecular complexity index is 166. The van der Waals surface area contributed by atoms with E-state index < -0.39 is 24.4 Å². The molecule has 1 saturated heterocycles. The molecule has 2 nitrogen and oxygen atoms in total. The number of alkyl halides is 3. The van der Waals surface area contributed by atoms with Gasteiger partial charge in [0, 0.05) is 13.0 Å². The van der Waals surface area contributed by atoms with E-state index in [4.69, 9.17) is 0 Å². The summed E-state index contributed by atoms with van der Waals surface area (Å²) in [5.41, 5.74) is 0. The van der Waals surface area contributed by atoms with Crippen LogP contribution in [0.1, 0.15) is 12.8 Å². The van der Waals surface area contributed by atoms with Crippen LogP contribution in [0.5, 0.6) is 0 Å². The largest absolute Gasteiger partial charge is 0.392 e. The number of amides is 1. The predicted octanol–water partition coefficient (Wildman–Crippen LogP) is 1.07. The van der Waals surface area contributed by atoms with Gasteiger partial charge >= 0.3 is 6.18 Å². The molecule has 64 valence electrons. The minimum atomic E-state index is -4.21. The summed E-state index contributed by atoms with van der Waals surface area (Å²) in [6, 6.07) is 0. The Hall–Kier alpha value is -0.740. The van der Waals surface area contributed by atoms with E-state index in [9.17, 15) is 18.0 Å². The lowest BCUT2D eigenvalue weighted by atomic mass is 9.97. The van der Waals surface area contributed by atoms with Crippen molar-refractivity contribution in [2.45, 2.75) is 19.0 Å². The zero-order valence-electron chi connectivity index (χ0n) is 5.74. The number of piperidine rings is 1. The SMILES string of the molecule is O=C1C[C@@H](C(F)(F)F)CCN1. The zero-order chi connectivity index (χ0) is 8.48. The Morgan fingerprint density at radius 2 is 2.09 bits per heavy atom. The van der Waals surface area contributed by atoms with Gasteiger partial charge in [-0.05, 0) is 6.42 Å². The molecule has 5 heteroatoms. The molecular formula is C6H8F3NO. The van der Waals surface area contributed by atoms with Gasteiger partial charge in [0.25, 0.3) is 0 Å². The van der Waals surface area contributed by atoms with E-state index in [2.05, 4.69) is 5.32 Å². The summed E-state index contributed by atoms with van der Waals surface area (Å²) >= 11 is 0. The first kappa shape index (κ1) is 8.36. The topological polar surface area (TPSA) is 29.1 Å². The summed E-state index contributed by atoms with van der Waals surface area (Å²) < 4.78 is 35.8. The van der Waals surface area contributed by atoms with Gasteiger partial charge in [-0.2, -0.15) is 13.2 Å². The maximum atomic E-state index is 11.9. The van der Waals surface area contributed by atoms with Crippen LogP contribution in [-0.2, 0) is 4.79 Å². The van der Waals surface area contributed by atoms with Crippen LogP contribution in [0, 0.1) is 5.92 Å². The fourth-order valence-electron chi connectivity index (χ4n) is 1.06. The predicted molar refractivity (Wildman–Crippen MR) is 31.8 cm³/mol. The third-order valence-electron chi connectivity index (χ3n) is 1.71. The smallest absolute Gasteiger partial charge is 0.356 e. The fraction of sp³-hybridized carbons (Fsp3) is 0.833. The van der Waals surface area contributed by atoms with Crippen LogP contribution in [-0.4, -0.2) is 18.6 Å². The van der Waals surface area contributed by atoms with Gasteiger partial charge in [-0.25, -0.2) is 0 Å². The average molecular weight is 167 g/mol. The molecule has 1 heterocycles. The van der Waals surface area contributed by atoms with Gasteiger partial charge in [0.1, 0.15) is 0 Å². The highest BCUT2D eigenvalue weighted by atomic mass is 19.4. The van der Waals surface area contributed by atoms with E-state index in [1.54, 1.807) is 0 Å². The molecule has 1 N–H and O–H groups in total. The fourth-order valence-corrected chi connectivity index (χ4v) is 1.06. The molecule has 0 aromatic heterocycles. The molecule has 0 radical (unpaired) electrons. The normalized spacial score (nSPS) is 26.5. The summed E-state index contributed by atoms with van der Waals surface area (Å²) in [6.07, 6.45) is -4.61. The minimum absolute atomic E-state index is 0.00917. The van der Waals surface area contributed by atoms with Crippen molar-refractivity contribution in [3.63, 3.8) is 0 Å². The van der Waals surface area contributed by atoms with Crippen LogP contribution >= 0.6 is 0 Å². The number of hydrogen-bond donors (Lipinski definition) is 1. The molecule has 0 aromatic carbocycles. The Kier molecular flexibility index (Phi) is 2.06. The summed E-state index contributed by atoms with van der Waals surface area (Å²) in [4.78, 5) is 10.5. The number of carbonyl (C=O) groups is 1. The van der Waals surface area contributed by atoms with Crippen molar-refractivity contribution in [3.05, 3.63) is 0 Å². The molecule has 0 bridgehead atoms. The molecule has 0 aliphatic carbocycles. The standard InChI is InChI=1S/C6H8F3NO/c7-6(8,9)4-1-2-10-5(11)3-4/h4H,1-3H2,(H,10,11)/t4-/m0/s1. The molecule has 1 rings (SSSR count). The van der Waals surface area contributed by atoms with Crippen LogP contribution in [0.3, 0.4) is 0 Å². The van der Waals surface area contributed by atoms with Crippen molar-refractivity contribution in [1.82, 2.24) is 5.32 Å². The number of halogens is 3. The van der Waals surface area contributed by atoms with Gasteiger partial charge in [0.15, 0.2) is 0 Å². The highest BCUT2D eigenvalue weighted by Crippen LogP contribution is 2.32. The molecule has 1 aliphatic rings. The van der Waals surface area contributed by atoms with Crippen molar-refractivity contribution >= 4 is 5.91 Å². The van der Waals surface area contributed by atoms with Crippen molar-refractivity contribution in [3.8, 4) is 0 Å². The lowest BCUT2D eigenvalue weighted by Gasteiger charge is -2.23. The van der Waals surface area contributed by atoms with Gasteiger partial charge in [0.2, 0.25) is 5.91 Å². The molecular weight excluding hydrogens is 159 g/mol. The highest BCUT2D eigenvalue weighted by Gasteiger charge is 2.41. The molecule has 0 saturated carbocycles. The summed E-state index contributed by atoms with van der Waals surface area (Å²) in [7, 11) is 0. The van der Waals surface area contributed by atoms with Gasteiger partial charge < -0.3 is 5.32 Å². The molecule has 11 heavy (non-hydrogen) atoms. The van der Waals surface area contributed by atoms with E-state index in [-0.39, 0.29) is 13.0 Å². The molecule has 1 amide bonds. The molecule has 1 fully saturated rings. The lowest BCUT2D eigenvalue weighted by Crippen LogP contribution is -2.39. The second-order valence-corrected chi connectivity index (χ2v) is 2.58. The monoisotopic (exact) mass is 167 g/mol. The molecule has 1 atom stereocenters. The van der Waals surface area contributed by atoms with Crippen LogP contribution in [0.2, 0.25) is 0 Å². The first-order valence-electron chi connectivity index (χ1n) is 3.33. The summed E-state index contributed by atoms with van der Waals surface area (Å²) in [5, 5.41) is 2.35. The van der Waals surface area contributed by atoms with Crippen molar-refractivity contribution in [1.29, 1.82) is 0 Å². The minimum Gasteiger partial charge on any atom is -0.356 e. The quantitative estimate of drug-likeness (QED) is 0.574. The van der Waals surface area contributed by atoms with Gasteiger partial charge in [0.05, 0.1) is 5.92 Å². The third kappa shape index (κ3) is 2.10. The first-order chi connectivity index (χ1) is 5.00. The molecule has 1 aliphatic heterocycles. The Morgan fingerprint density at radius 3 is 2.45 bits per heavy atom. The maximum absolute atomic E-state index is 11.9. The second-order valence-electron chi connectivity index (χ2n) is 2.58. The third-order valence-corrected chi connectivity index (χ3v) is 1.71. The second kappa shape index (κ2) is 2.71. The first-order valence-corrected chi connectivity index (χ1v) is 3.33. The van der Waals surface area contributed by atoms with Gasteiger partial charge in [-0.3, -0.25) is 4.79 Å². The number of nitrogens with one attached hydrogen (secondary N) is 1. The van der Waals surface area contributed by atoms with E-state index >= 15 is 0 Å². The molecule has 0 unspecified atom stereocenters. The number of hydrogen-bond acceptors (Lipinski definition) is 1. The number of carbonyl (C=O) groups excluding carboxylic acids is 1. The van der Waals surface area contributed by atoms with E-state index in [1.807, 2.05) is 0 Å². The summed E-state index contributed by atoms with van der Waals surface area (Å²) in [6.45, 7) is 0.142. The van der Waals surface area contributed by atoms with E-state index in [0.29, 0.717) is 0 Å². The van der Waals surface area contributed by atoms with Crippen molar-refractivity contribution < 1.29 is 18.0 Å².